The minimum atomic E-state index is -0.399. The molecule has 0 aliphatic heterocycles. The Balaban J connectivity index is 2.80. The monoisotopic (exact) mass is 213 g/mol. The number of nitrogens with one attached hydrogen (secondary N) is 1. The van der Waals surface area contributed by atoms with Gasteiger partial charge in [-0.15, -0.1) is 0 Å². The molecule has 2 unspecified atom stereocenters. The van der Waals surface area contributed by atoms with E-state index in [1.54, 1.807) is 0 Å². The van der Waals surface area contributed by atoms with E-state index in [0.717, 1.165) is 12.5 Å². The van der Waals surface area contributed by atoms with E-state index in [1.165, 1.54) is 12.1 Å². The summed E-state index contributed by atoms with van der Waals surface area (Å²) in [5.41, 5.74) is 0.385. The predicted octanol–water partition coefficient (Wildman–Crippen LogP) is 3.41. The summed E-state index contributed by atoms with van der Waals surface area (Å²) in [6.07, 6.45) is 0.960. The molecule has 3 heteroatoms. The molecular weight excluding hydrogens is 196 g/mol. The summed E-state index contributed by atoms with van der Waals surface area (Å²) in [4.78, 5) is 0. The molecule has 84 valence electrons. The third-order valence-electron chi connectivity index (χ3n) is 2.57. The topological polar surface area (TPSA) is 12.0 Å². The van der Waals surface area contributed by atoms with Crippen LogP contribution in [0, 0.1) is 11.6 Å². The molecule has 0 aliphatic rings. The Kier molecular flexibility index (Phi) is 4.21. The number of halogens is 2. The molecule has 0 spiro atoms. The van der Waals surface area contributed by atoms with Crippen molar-refractivity contribution >= 4 is 0 Å². The molecular formula is C12H17F2N. The summed E-state index contributed by atoms with van der Waals surface area (Å²) < 4.78 is 26.3. The van der Waals surface area contributed by atoms with Crippen molar-refractivity contribution in [1.29, 1.82) is 0 Å². The molecule has 1 aromatic carbocycles. The normalized spacial score (nSPS) is 15.0. The van der Waals surface area contributed by atoms with Crippen LogP contribution in [0.3, 0.4) is 0 Å². The lowest BCUT2D eigenvalue weighted by Gasteiger charge is -2.19. The van der Waals surface area contributed by atoms with Crippen LogP contribution in [-0.4, -0.2) is 6.04 Å². The van der Waals surface area contributed by atoms with Crippen LogP contribution in [0.2, 0.25) is 0 Å². The Labute approximate surface area is 89.5 Å². The van der Waals surface area contributed by atoms with Crippen molar-refractivity contribution in [2.75, 3.05) is 0 Å². The lowest BCUT2D eigenvalue weighted by atomic mass is 10.1. The summed E-state index contributed by atoms with van der Waals surface area (Å²) in [5, 5.41) is 3.21. The molecule has 0 bridgehead atoms. The fourth-order valence-electron chi connectivity index (χ4n) is 1.48. The molecule has 0 amide bonds. The van der Waals surface area contributed by atoms with Crippen molar-refractivity contribution in [2.24, 2.45) is 0 Å². The van der Waals surface area contributed by atoms with E-state index >= 15 is 0 Å². The Morgan fingerprint density at radius 3 is 2.53 bits per heavy atom. The van der Waals surface area contributed by atoms with Gasteiger partial charge in [0.05, 0.1) is 0 Å². The second kappa shape index (κ2) is 5.21. The van der Waals surface area contributed by atoms with Crippen molar-refractivity contribution in [3.05, 3.63) is 35.4 Å². The first kappa shape index (κ1) is 12.1. The van der Waals surface area contributed by atoms with Gasteiger partial charge in [-0.05, 0) is 38.5 Å². The smallest absolute Gasteiger partial charge is 0.128 e. The average molecular weight is 213 g/mol. The van der Waals surface area contributed by atoms with Crippen molar-refractivity contribution in [3.63, 3.8) is 0 Å². The van der Waals surface area contributed by atoms with Gasteiger partial charge in [-0.3, -0.25) is 0 Å². The van der Waals surface area contributed by atoms with Crippen molar-refractivity contribution in [1.82, 2.24) is 5.32 Å². The van der Waals surface area contributed by atoms with E-state index in [4.69, 9.17) is 0 Å². The summed E-state index contributed by atoms with van der Waals surface area (Å²) in [6, 6.07) is 3.67. The standard InChI is InChI=1S/C12H17F2N/c1-4-8(2)15-9(3)11-7-10(13)5-6-12(11)14/h5-9,15H,4H2,1-3H3. The lowest BCUT2D eigenvalue weighted by Crippen LogP contribution is -2.28. The van der Waals surface area contributed by atoms with Gasteiger partial charge in [0, 0.05) is 17.6 Å². The Hall–Kier alpha value is -0.960. The maximum Gasteiger partial charge on any atom is 0.128 e. The van der Waals surface area contributed by atoms with Crippen molar-refractivity contribution in [3.8, 4) is 0 Å². The van der Waals surface area contributed by atoms with Gasteiger partial charge >= 0.3 is 0 Å². The highest BCUT2D eigenvalue weighted by Crippen LogP contribution is 2.18. The van der Waals surface area contributed by atoms with Crippen LogP contribution in [0.1, 0.15) is 38.8 Å². The molecule has 15 heavy (non-hydrogen) atoms. The van der Waals surface area contributed by atoms with Gasteiger partial charge in [-0.1, -0.05) is 6.92 Å². The van der Waals surface area contributed by atoms with Crippen molar-refractivity contribution < 1.29 is 8.78 Å². The van der Waals surface area contributed by atoms with E-state index in [0.29, 0.717) is 11.6 Å². The molecule has 0 heterocycles. The summed E-state index contributed by atoms with van der Waals surface area (Å²) in [7, 11) is 0. The highest BCUT2D eigenvalue weighted by atomic mass is 19.1. The molecule has 1 nitrogen and oxygen atoms in total. The SMILES string of the molecule is CCC(C)NC(C)c1cc(F)ccc1F. The van der Waals surface area contributed by atoms with Gasteiger partial charge in [0.2, 0.25) is 0 Å². The Bertz CT molecular complexity index is 325. The van der Waals surface area contributed by atoms with E-state index in [-0.39, 0.29) is 11.9 Å². The third-order valence-corrected chi connectivity index (χ3v) is 2.57. The molecule has 1 aromatic rings. The van der Waals surface area contributed by atoms with Crippen LogP contribution in [-0.2, 0) is 0 Å². The largest absolute Gasteiger partial charge is 0.308 e. The summed E-state index contributed by atoms with van der Waals surface area (Å²) in [6.45, 7) is 5.91. The summed E-state index contributed by atoms with van der Waals surface area (Å²) >= 11 is 0. The number of benzene rings is 1. The zero-order chi connectivity index (χ0) is 11.4. The van der Waals surface area contributed by atoms with Gasteiger partial charge in [-0.25, -0.2) is 8.78 Å². The first-order valence-electron chi connectivity index (χ1n) is 5.25. The zero-order valence-corrected chi connectivity index (χ0v) is 9.35. The van der Waals surface area contributed by atoms with Crippen molar-refractivity contribution in [2.45, 2.75) is 39.3 Å². The Morgan fingerprint density at radius 1 is 1.27 bits per heavy atom. The molecule has 0 aromatic heterocycles. The molecule has 0 radical (unpaired) electrons. The first-order valence-corrected chi connectivity index (χ1v) is 5.25. The fraction of sp³-hybridized carbons (Fsp3) is 0.500. The first-order chi connectivity index (χ1) is 7.04. The van der Waals surface area contributed by atoms with Gasteiger partial charge in [-0.2, -0.15) is 0 Å². The van der Waals surface area contributed by atoms with Gasteiger partial charge in [0.15, 0.2) is 0 Å². The van der Waals surface area contributed by atoms with E-state index in [2.05, 4.69) is 5.32 Å². The molecule has 2 atom stereocenters. The molecule has 0 saturated carbocycles. The van der Waals surface area contributed by atoms with Crippen LogP contribution >= 0.6 is 0 Å². The number of rotatable bonds is 4. The highest BCUT2D eigenvalue weighted by Gasteiger charge is 2.13. The minimum Gasteiger partial charge on any atom is -0.308 e. The molecule has 1 rings (SSSR count). The maximum absolute atomic E-state index is 13.4. The van der Waals surface area contributed by atoms with E-state index in [9.17, 15) is 8.78 Å². The molecule has 0 saturated heterocycles. The number of hydrogen-bond acceptors (Lipinski definition) is 1. The van der Waals surface area contributed by atoms with Gasteiger partial charge < -0.3 is 5.32 Å². The van der Waals surface area contributed by atoms with Crippen LogP contribution in [0.4, 0.5) is 8.78 Å². The third kappa shape index (κ3) is 3.27. The Morgan fingerprint density at radius 2 is 1.93 bits per heavy atom. The highest BCUT2D eigenvalue weighted by molar-refractivity contribution is 5.21. The maximum atomic E-state index is 13.4. The van der Waals surface area contributed by atoms with Crippen LogP contribution in [0.5, 0.6) is 0 Å². The molecule has 1 N–H and O–H groups in total. The zero-order valence-electron chi connectivity index (χ0n) is 9.35. The van der Waals surface area contributed by atoms with Gasteiger partial charge in [0.1, 0.15) is 11.6 Å². The van der Waals surface area contributed by atoms with Crippen LogP contribution in [0.15, 0.2) is 18.2 Å². The molecule has 0 fully saturated rings. The minimum absolute atomic E-state index is 0.171. The number of hydrogen-bond donors (Lipinski definition) is 1. The second-order valence-electron chi connectivity index (χ2n) is 3.86. The summed E-state index contributed by atoms with van der Waals surface area (Å²) in [5.74, 6) is -0.760. The lowest BCUT2D eigenvalue weighted by molar-refractivity contribution is 0.451. The van der Waals surface area contributed by atoms with Gasteiger partial charge in [0.25, 0.3) is 0 Å². The fourth-order valence-corrected chi connectivity index (χ4v) is 1.48. The molecule has 0 aliphatic carbocycles. The second-order valence-corrected chi connectivity index (χ2v) is 3.86. The van der Waals surface area contributed by atoms with Crippen LogP contribution in [0.25, 0.3) is 0 Å². The predicted molar refractivity (Wildman–Crippen MR) is 57.7 cm³/mol. The average Bonchev–Trinajstić information content (AvgIpc) is 2.21. The van der Waals surface area contributed by atoms with Crippen LogP contribution < -0.4 is 5.32 Å². The quantitative estimate of drug-likeness (QED) is 0.808. The van der Waals surface area contributed by atoms with E-state index < -0.39 is 5.82 Å². The van der Waals surface area contributed by atoms with E-state index in [1.807, 2.05) is 20.8 Å².